The molecule has 0 amide bonds. The van der Waals surface area contributed by atoms with Gasteiger partial charge in [0.1, 0.15) is 0 Å². The van der Waals surface area contributed by atoms with Crippen molar-refractivity contribution in [3.8, 4) is 56.4 Å². The molecule has 2 aromatic heterocycles. The Morgan fingerprint density at radius 2 is 1.02 bits per heavy atom. The smallest absolute Gasteiger partial charge is 0.164 e. The van der Waals surface area contributed by atoms with Crippen LogP contribution >= 0.6 is 11.3 Å². The molecule has 0 aliphatic rings. The summed E-state index contributed by atoms with van der Waals surface area (Å²) < 4.78 is 115. The summed E-state index contributed by atoms with van der Waals surface area (Å²) in [5.74, 6) is -1.42. The topological polar surface area (TPSA) is 38.7 Å². The summed E-state index contributed by atoms with van der Waals surface area (Å²) in [5.41, 5.74) is 1.34. The van der Waals surface area contributed by atoms with Gasteiger partial charge in [0.15, 0.2) is 17.5 Å². The van der Waals surface area contributed by atoms with Gasteiger partial charge in [0.25, 0.3) is 0 Å². The molecule has 44 heavy (non-hydrogen) atoms. The largest absolute Gasteiger partial charge is 0.208 e. The van der Waals surface area contributed by atoms with E-state index in [4.69, 9.17) is 16.4 Å². The number of fused-ring (bicyclic) bond motifs is 3. The molecule has 2 heterocycles. The molecule has 0 spiro atoms. The zero-order valence-electron chi connectivity index (χ0n) is 36.1. The molecule has 8 rings (SSSR count). The van der Waals surface area contributed by atoms with Crippen LogP contribution in [0.25, 0.3) is 76.6 Å². The van der Waals surface area contributed by atoms with Crippen LogP contribution in [0.3, 0.4) is 0 Å². The highest BCUT2D eigenvalue weighted by Gasteiger charge is 2.16. The van der Waals surface area contributed by atoms with E-state index >= 15 is 0 Å². The van der Waals surface area contributed by atoms with Crippen molar-refractivity contribution < 1.29 is 17.8 Å². The summed E-state index contributed by atoms with van der Waals surface area (Å²) in [6.45, 7) is 1.41. The van der Waals surface area contributed by atoms with E-state index in [-0.39, 0.29) is 34.3 Å². The van der Waals surface area contributed by atoms with Crippen molar-refractivity contribution in [2.75, 3.05) is 0 Å². The fourth-order valence-electron chi connectivity index (χ4n) is 5.07. The van der Waals surface area contributed by atoms with Gasteiger partial charge in [0.2, 0.25) is 0 Å². The molecule has 0 aliphatic carbocycles. The predicted octanol–water partition coefficient (Wildman–Crippen LogP) is 10.9. The molecule has 208 valence electrons. The predicted molar refractivity (Wildman–Crippen MR) is 185 cm³/mol. The molecule has 0 fully saturated rings. The molecule has 0 saturated heterocycles. The van der Waals surface area contributed by atoms with E-state index in [2.05, 4.69) is 15.0 Å². The van der Waals surface area contributed by atoms with E-state index in [1.54, 1.807) is 12.1 Å². The van der Waals surface area contributed by atoms with Crippen molar-refractivity contribution in [2.45, 2.75) is 6.92 Å². The number of thiophene rings is 1. The van der Waals surface area contributed by atoms with Gasteiger partial charge in [-0.15, -0.1) is 11.3 Å². The van der Waals surface area contributed by atoms with Crippen LogP contribution in [-0.4, -0.2) is 15.0 Å². The number of nitrogens with zero attached hydrogens (tertiary/aromatic N) is 3. The number of benzene rings is 6. The second-order valence-corrected chi connectivity index (χ2v) is 10.9. The Labute approximate surface area is 278 Å². The van der Waals surface area contributed by atoms with Crippen LogP contribution in [0, 0.1) is 6.92 Å². The maximum atomic E-state index is 9.59. The molecule has 0 saturated carbocycles. The van der Waals surface area contributed by atoms with Crippen LogP contribution in [0.5, 0.6) is 0 Å². The van der Waals surface area contributed by atoms with Gasteiger partial charge < -0.3 is 0 Å². The zero-order chi connectivity index (χ0) is 40.8. The number of hydrogen-bond acceptors (Lipinski definition) is 4. The Morgan fingerprint density at radius 1 is 0.477 bits per heavy atom. The lowest BCUT2D eigenvalue weighted by atomic mass is 9.99. The van der Waals surface area contributed by atoms with Crippen molar-refractivity contribution >= 4 is 31.5 Å². The van der Waals surface area contributed by atoms with Gasteiger partial charge in [0.05, 0.1) is 17.8 Å². The van der Waals surface area contributed by atoms with Crippen molar-refractivity contribution in [2.24, 2.45) is 0 Å². The fraction of sp³-hybridized carbons (Fsp3) is 0.0250. The van der Waals surface area contributed by atoms with E-state index in [1.165, 1.54) is 18.3 Å². The van der Waals surface area contributed by atoms with Gasteiger partial charge in [-0.1, -0.05) is 139 Å². The summed E-state index contributed by atoms with van der Waals surface area (Å²) >= 11 is 1.46. The van der Waals surface area contributed by atoms with Gasteiger partial charge in [-0.25, -0.2) is 15.0 Å². The van der Waals surface area contributed by atoms with Gasteiger partial charge >= 0.3 is 0 Å². The quantitative estimate of drug-likeness (QED) is 0.199. The minimum atomic E-state index is -0.691. The monoisotopic (exact) mass is 594 g/mol. The lowest BCUT2D eigenvalue weighted by Gasteiger charge is -2.10. The summed E-state index contributed by atoms with van der Waals surface area (Å²) in [7, 11) is 0. The van der Waals surface area contributed by atoms with E-state index in [0.29, 0.717) is 5.56 Å². The molecule has 3 nitrogen and oxygen atoms in total. The average molecular weight is 595 g/mol. The summed E-state index contributed by atoms with van der Waals surface area (Å²) in [6, 6.07) is 14.1. The molecule has 0 unspecified atom stereocenters. The summed E-state index contributed by atoms with van der Waals surface area (Å²) in [6.07, 6.45) is 0. The third kappa shape index (κ3) is 4.76. The third-order valence-corrected chi connectivity index (χ3v) is 8.35. The second kappa shape index (κ2) is 11.0. The first-order valence-electron chi connectivity index (χ1n) is 20.1. The lowest BCUT2D eigenvalue weighted by Crippen LogP contribution is -2.00. The Hall–Kier alpha value is -5.45. The van der Waals surface area contributed by atoms with Crippen LogP contribution in [0.1, 0.15) is 23.4 Å². The molecule has 4 heteroatoms. The highest BCUT2D eigenvalue weighted by molar-refractivity contribution is 7.26. The maximum absolute atomic E-state index is 9.59. The first-order chi connectivity index (χ1) is 27.1. The van der Waals surface area contributed by atoms with Gasteiger partial charge in [-0.05, 0) is 41.3 Å². The first kappa shape index (κ1) is 15.9. The lowest BCUT2D eigenvalue weighted by molar-refractivity contribution is 1.07. The highest BCUT2D eigenvalue weighted by atomic mass is 32.1. The number of hydrogen-bond donors (Lipinski definition) is 0. The Kier molecular flexibility index (Phi) is 3.96. The summed E-state index contributed by atoms with van der Waals surface area (Å²) in [4.78, 5) is 13.3. The molecule has 0 aliphatic heterocycles. The maximum Gasteiger partial charge on any atom is 0.164 e. The van der Waals surface area contributed by atoms with Gasteiger partial charge in [-0.2, -0.15) is 0 Å². The zero-order valence-corrected chi connectivity index (χ0v) is 23.9. The minimum Gasteiger partial charge on any atom is -0.208 e. The highest BCUT2D eigenvalue weighted by Crippen LogP contribution is 2.44. The van der Waals surface area contributed by atoms with E-state index < -0.39 is 89.5 Å². The van der Waals surface area contributed by atoms with E-state index in [0.717, 1.165) is 31.3 Å². The molecule has 8 aromatic rings. The Balaban J connectivity index is 1.45. The van der Waals surface area contributed by atoms with Crippen LogP contribution in [-0.2, 0) is 0 Å². The van der Waals surface area contributed by atoms with Crippen LogP contribution in [0.2, 0.25) is 0 Å². The molecular formula is C40H27N3S. The SMILES string of the molecule is [2H]c1c([2H])c([2H])c(-c2nc(-c3c([2H])c([2H])c([2H])c(C)c3[2H])nc(-c3c([2H])c([2H])c([2H])c(-c4cccc5c4sc4c(-c6ccccc6)cccc45)c3[2H])n2)c([2H])c1[2H]. The van der Waals surface area contributed by atoms with Gasteiger partial charge in [-0.3, -0.25) is 0 Å². The molecule has 0 radical (unpaired) electrons. The van der Waals surface area contributed by atoms with Crippen LogP contribution < -0.4 is 0 Å². The van der Waals surface area contributed by atoms with Crippen LogP contribution in [0.15, 0.2) is 145 Å². The Morgan fingerprint density at radius 3 is 1.70 bits per heavy atom. The standard InChI is InChI=1S/C40H27N3S/c1-26-12-8-18-30(24-26)39-41-38(28-15-6-3-7-16-28)42-40(43-39)31-19-9-17-29(25-31)33-21-11-23-35-34-22-10-20-32(36(34)44-37(33)35)27-13-4-2-5-14-27/h2-25H,1H3/i3D,6D,7D,8D,9D,12D,15D,16D,17D,18D,19D,24D,25D. The third-order valence-electron chi connectivity index (χ3n) is 7.06. The summed E-state index contributed by atoms with van der Waals surface area (Å²) in [5, 5.41) is 1.80. The molecular weight excluding hydrogens is 555 g/mol. The van der Waals surface area contributed by atoms with Crippen molar-refractivity contribution in [3.05, 3.63) is 151 Å². The molecule has 0 atom stereocenters. The van der Waals surface area contributed by atoms with Crippen molar-refractivity contribution in [1.29, 1.82) is 0 Å². The molecule has 0 bridgehead atoms. The first-order valence-corrected chi connectivity index (χ1v) is 14.5. The molecule has 0 N–H and O–H groups in total. The van der Waals surface area contributed by atoms with E-state index in [9.17, 15) is 1.37 Å². The van der Waals surface area contributed by atoms with E-state index in [1.807, 2.05) is 54.6 Å². The minimum absolute atomic E-state index is 0.000877. The van der Waals surface area contributed by atoms with Crippen molar-refractivity contribution in [1.82, 2.24) is 15.0 Å². The van der Waals surface area contributed by atoms with Crippen molar-refractivity contribution in [3.63, 3.8) is 0 Å². The van der Waals surface area contributed by atoms with Crippen LogP contribution in [0.4, 0.5) is 0 Å². The normalized spacial score (nSPS) is 15.4. The fourth-order valence-corrected chi connectivity index (χ4v) is 6.43. The second-order valence-electron chi connectivity index (χ2n) is 9.89. The number of rotatable bonds is 5. The Bertz CT molecular complexity index is 2880. The number of aromatic nitrogens is 3. The molecule has 6 aromatic carbocycles. The van der Waals surface area contributed by atoms with Gasteiger partial charge in [0, 0.05) is 36.9 Å². The average Bonchev–Trinajstić information content (AvgIpc) is 3.60.